The molecule has 2 N–H and O–H groups in total. The van der Waals surface area contributed by atoms with E-state index in [2.05, 4.69) is 20.8 Å². The number of hydrogen-bond donors (Lipinski definition) is 1. The number of methoxy groups -OCH3 is 1. The first-order chi connectivity index (χ1) is 9.31. The number of nitrogens with zero attached hydrogens (tertiary/aromatic N) is 1. The molecule has 1 atom stereocenters. The molecule has 4 nitrogen and oxygen atoms in total. The molecule has 110 valence electrons. The van der Waals surface area contributed by atoms with E-state index in [1.165, 1.54) is 0 Å². The second-order valence-electron chi connectivity index (χ2n) is 6.60. The van der Waals surface area contributed by atoms with Crippen molar-refractivity contribution in [2.75, 3.05) is 25.9 Å². The van der Waals surface area contributed by atoms with Crippen LogP contribution in [0.25, 0.3) is 0 Å². The number of carbonyl (C=O) groups is 1. The van der Waals surface area contributed by atoms with Crippen LogP contribution in [0.5, 0.6) is 5.75 Å². The number of ether oxygens (including phenoxy) is 1. The zero-order chi connectivity index (χ0) is 14.9. The van der Waals surface area contributed by atoms with E-state index in [1.54, 1.807) is 25.3 Å². The molecule has 20 heavy (non-hydrogen) atoms. The van der Waals surface area contributed by atoms with Gasteiger partial charge in [-0.15, -0.1) is 0 Å². The second kappa shape index (κ2) is 5.35. The zero-order valence-corrected chi connectivity index (χ0v) is 12.8. The predicted octanol–water partition coefficient (Wildman–Crippen LogP) is 2.79. The van der Waals surface area contributed by atoms with Crippen molar-refractivity contribution >= 4 is 11.6 Å². The van der Waals surface area contributed by atoms with Crippen LogP contribution in [0.4, 0.5) is 5.69 Å². The van der Waals surface area contributed by atoms with Gasteiger partial charge in [-0.1, -0.05) is 20.8 Å². The van der Waals surface area contributed by atoms with Crippen LogP contribution in [0.15, 0.2) is 18.2 Å². The third kappa shape index (κ3) is 3.06. The summed E-state index contributed by atoms with van der Waals surface area (Å²) < 4.78 is 5.17. The number of nitrogens with two attached hydrogens (primary N) is 1. The van der Waals surface area contributed by atoms with Crippen LogP contribution < -0.4 is 10.5 Å². The maximum absolute atomic E-state index is 12.6. The Morgan fingerprint density at radius 1 is 1.35 bits per heavy atom. The summed E-state index contributed by atoms with van der Waals surface area (Å²) in [7, 11) is 1.58. The van der Waals surface area contributed by atoms with E-state index in [0.717, 1.165) is 19.5 Å². The minimum absolute atomic E-state index is 0.0438. The SMILES string of the molecule is COc1cc(N)cc(C(=O)N2CCC(C(C)(C)C)C2)c1. The van der Waals surface area contributed by atoms with Gasteiger partial charge in [0.05, 0.1) is 7.11 Å². The van der Waals surface area contributed by atoms with Gasteiger partial charge in [-0.05, 0) is 29.9 Å². The summed E-state index contributed by atoms with van der Waals surface area (Å²) in [5.41, 5.74) is 7.22. The number of anilines is 1. The number of likely N-dealkylation sites (tertiary alicyclic amines) is 1. The van der Waals surface area contributed by atoms with Crippen molar-refractivity contribution in [2.24, 2.45) is 11.3 Å². The number of amides is 1. The lowest BCUT2D eigenvalue weighted by Crippen LogP contribution is -2.31. The van der Waals surface area contributed by atoms with Gasteiger partial charge in [0.2, 0.25) is 0 Å². The van der Waals surface area contributed by atoms with Gasteiger partial charge in [0, 0.05) is 30.4 Å². The minimum atomic E-state index is 0.0438. The topological polar surface area (TPSA) is 55.6 Å². The molecule has 0 bridgehead atoms. The van der Waals surface area contributed by atoms with Crippen molar-refractivity contribution in [1.82, 2.24) is 4.90 Å². The molecule has 1 fully saturated rings. The van der Waals surface area contributed by atoms with Crippen LogP contribution in [0.1, 0.15) is 37.6 Å². The van der Waals surface area contributed by atoms with Crippen LogP contribution in [0, 0.1) is 11.3 Å². The van der Waals surface area contributed by atoms with Crippen LogP contribution in [-0.4, -0.2) is 31.0 Å². The standard InChI is InChI=1S/C16H24N2O2/c1-16(2,3)12-5-6-18(10-12)15(19)11-7-13(17)9-14(8-11)20-4/h7-9,12H,5-6,10,17H2,1-4H3. The first-order valence-corrected chi connectivity index (χ1v) is 7.05. The molecule has 0 spiro atoms. The maximum Gasteiger partial charge on any atom is 0.254 e. The Kier molecular flexibility index (Phi) is 3.93. The quantitative estimate of drug-likeness (QED) is 0.845. The molecule has 1 aliphatic heterocycles. The zero-order valence-electron chi connectivity index (χ0n) is 12.8. The van der Waals surface area contributed by atoms with Gasteiger partial charge < -0.3 is 15.4 Å². The number of rotatable bonds is 2. The Balaban J connectivity index is 2.15. The summed E-state index contributed by atoms with van der Waals surface area (Å²) in [5.74, 6) is 1.22. The van der Waals surface area contributed by atoms with Crippen molar-refractivity contribution in [3.05, 3.63) is 23.8 Å². The number of carbonyl (C=O) groups excluding carboxylic acids is 1. The largest absolute Gasteiger partial charge is 0.497 e. The van der Waals surface area contributed by atoms with Gasteiger partial charge in [0.15, 0.2) is 0 Å². The molecular formula is C16H24N2O2. The molecule has 1 aromatic carbocycles. The molecule has 1 saturated heterocycles. The summed E-state index contributed by atoms with van der Waals surface area (Å²) in [5, 5.41) is 0. The van der Waals surface area contributed by atoms with Crippen LogP contribution in [0.3, 0.4) is 0 Å². The fourth-order valence-corrected chi connectivity index (χ4v) is 2.70. The summed E-state index contributed by atoms with van der Waals surface area (Å²) in [4.78, 5) is 14.5. The summed E-state index contributed by atoms with van der Waals surface area (Å²) in [6, 6.07) is 5.19. The summed E-state index contributed by atoms with van der Waals surface area (Å²) in [6.45, 7) is 8.33. The number of benzene rings is 1. The lowest BCUT2D eigenvalue weighted by Gasteiger charge is -2.27. The van der Waals surface area contributed by atoms with Crippen LogP contribution in [0.2, 0.25) is 0 Å². The molecule has 0 aromatic heterocycles. The molecule has 1 unspecified atom stereocenters. The molecule has 1 aromatic rings. The molecule has 4 heteroatoms. The highest BCUT2D eigenvalue weighted by molar-refractivity contribution is 5.95. The van der Waals surface area contributed by atoms with E-state index in [1.807, 2.05) is 4.90 Å². The van der Waals surface area contributed by atoms with Crippen LogP contribution in [-0.2, 0) is 0 Å². The van der Waals surface area contributed by atoms with Crippen LogP contribution >= 0.6 is 0 Å². The molecule has 0 aliphatic carbocycles. The highest BCUT2D eigenvalue weighted by atomic mass is 16.5. The Bertz CT molecular complexity index is 506. The van der Waals surface area contributed by atoms with Gasteiger partial charge in [-0.2, -0.15) is 0 Å². The average molecular weight is 276 g/mol. The minimum Gasteiger partial charge on any atom is -0.497 e. The lowest BCUT2D eigenvalue weighted by molar-refractivity contribution is 0.0776. The Labute approximate surface area is 120 Å². The van der Waals surface area contributed by atoms with E-state index in [0.29, 0.717) is 22.9 Å². The summed E-state index contributed by atoms with van der Waals surface area (Å²) >= 11 is 0. The second-order valence-corrected chi connectivity index (χ2v) is 6.60. The van der Waals surface area contributed by atoms with Crippen molar-refractivity contribution < 1.29 is 9.53 Å². The Morgan fingerprint density at radius 3 is 2.60 bits per heavy atom. The van der Waals surface area contributed by atoms with Gasteiger partial charge in [-0.3, -0.25) is 4.79 Å². The third-order valence-corrected chi connectivity index (χ3v) is 4.11. The molecule has 1 amide bonds. The first-order valence-electron chi connectivity index (χ1n) is 7.05. The summed E-state index contributed by atoms with van der Waals surface area (Å²) in [6.07, 6.45) is 1.06. The van der Waals surface area contributed by atoms with Gasteiger partial charge in [0.25, 0.3) is 5.91 Å². The van der Waals surface area contributed by atoms with E-state index < -0.39 is 0 Å². The van der Waals surface area contributed by atoms with Gasteiger partial charge in [-0.25, -0.2) is 0 Å². The number of hydrogen-bond acceptors (Lipinski definition) is 3. The molecule has 2 rings (SSSR count). The Morgan fingerprint density at radius 2 is 2.05 bits per heavy atom. The van der Waals surface area contributed by atoms with Crippen molar-refractivity contribution in [1.29, 1.82) is 0 Å². The average Bonchev–Trinajstić information content (AvgIpc) is 2.86. The van der Waals surface area contributed by atoms with E-state index in [4.69, 9.17) is 10.5 Å². The van der Waals surface area contributed by atoms with E-state index in [-0.39, 0.29) is 11.3 Å². The monoisotopic (exact) mass is 276 g/mol. The molecule has 1 heterocycles. The number of nitrogen functional groups attached to an aromatic ring is 1. The Hall–Kier alpha value is -1.71. The fourth-order valence-electron chi connectivity index (χ4n) is 2.70. The first kappa shape index (κ1) is 14.7. The molecule has 0 radical (unpaired) electrons. The van der Waals surface area contributed by atoms with Crippen molar-refractivity contribution in [3.8, 4) is 5.75 Å². The highest BCUT2D eigenvalue weighted by Gasteiger charge is 2.34. The lowest BCUT2D eigenvalue weighted by atomic mass is 9.80. The molecule has 0 saturated carbocycles. The molecule has 1 aliphatic rings. The van der Waals surface area contributed by atoms with Gasteiger partial charge >= 0.3 is 0 Å². The van der Waals surface area contributed by atoms with Crippen molar-refractivity contribution in [3.63, 3.8) is 0 Å². The normalized spacial score (nSPS) is 19.2. The van der Waals surface area contributed by atoms with Gasteiger partial charge in [0.1, 0.15) is 5.75 Å². The molecular weight excluding hydrogens is 252 g/mol. The maximum atomic E-state index is 12.6. The van der Waals surface area contributed by atoms with E-state index in [9.17, 15) is 4.79 Å². The third-order valence-electron chi connectivity index (χ3n) is 4.11. The highest BCUT2D eigenvalue weighted by Crippen LogP contribution is 2.34. The predicted molar refractivity (Wildman–Crippen MR) is 80.9 cm³/mol. The fraction of sp³-hybridized carbons (Fsp3) is 0.562. The van der Waals surface area contributed by atoms with Crippen molar-refractivity contribution in [2.45, 2.75) is 27.2 Å². The smallest absolute Gasteiger partial charge is 0.254 e. The van der Waals surface area contributed by atoms with E-state index >= 15 is 0 Å².